The Labute approximate surface area is 210 Å². The van der Waals surface area contributed by atoms with Gasteiger partial charge < -0.3 is 9.47 Å². The maximum Gasteiger partial charge on any atom is 0.163 e. The van der Waals surface area contributed by atoms with E-state index < -0.39 is 21.2 Å². The second-order valence-electron chi connectivity index (χ2n) is 9.14. The number of aryl methyl sites for hydroxylation is 1. The highest BCUT2D eigenvalue weighted by molar-refractivity contribution is 7.91. The summed E-state index contributed by atoms with van der Waals surface area (Å²) in [5, 5.41) is 8.25. The number of methoxy groups -OCH3 is 2. The third kappa shape index (κ3) is 5.05. The Kier molecular flexibility index (Phi) is 7.44. The number of sulfone groups is 1. The highest BCUT2D eigenvalue weighted by Crippen LogP contribution is 2.42. The zero-order chi connectivity index (χ0) is 25.3. The zero-order valence-electron chi connectivity index (χ0n) is 20.5. The number of ether oxygens (including phenoxy) is 2. The van der Waals surface area contributed by atoms with Crippen molar-refractivity contribution in [2.45, 2.75) is 56.6 Å². The Hall–Kier alpha value is -2.56. The number of para-hydroxylation sites is 1. The van der Waals surface area contributed by atoms with Gasteiger partial charge in [-0.1, -0.05) is 30.7 Å². The van der Waals surface area contributed by atoms with Gasteiger partial charge in [0.25, 0.3) is 0 Å². The summed E-state index contributed by atoms with van der Waals surface area (Å²) in [6.07, 6.45) is 3.93. The quantitative estimate of drug-likeness (QED) is 0.413. The van der Waals surface area contributed by atoms with Crippen molar-refractivity contribution in [2.75, 3.05) is 14.2 Å². The van der Waals surface area contributed by atoms with E-state index in [1.807, 2.05) is 29.7 Å². The molecule has 1 aromatic carbocycles. The van der Waals surface area contributed by atoms with Crippen LogP contribution in [0.25, 0.3) is 5.69 Å². The molecule has 1 aliphatic carbocycles. The van der Waals surface area contributed by atoms with Crippen molar-refractivity contribution in [2.24, 2.45) is 5.92 Å². The van der Waals surface area contributed by atoms with Crippen molar-refractivity contribution in [3.05, 3.63) is 58.7 Å². The fourth-order valence-electron chi connectivity index (χ4n) is 4.60. The molecule has 3 aromatic rings. The molecule has 0 aliphatic heterocycles. The second kappa shape index (κ2) is 10.2. The summed E-state index contributed by atoms with van der Waals surface area (Å²) < 4.78 is 40.2. The molecule has 2 aromatic heterocycles. The zero-order valence-corrected chi connectivity index (χ0v) is 22.0. The molecule has 0 unspecified atom stereocenters. The molecule has 1 saturated carbocycles. The molecular weight excluding hydrogens is 490 g/mol. The fourth-order valence-corrected chi connectivity index (χ4v) is 6.12. The summed E-state index contributed by atoms with van der Waals surface area (Å²) in [7, 11) is -0.725. The Balaban J connectivity index is 1.74. The van der Waals surface area contributed by atoms with Crippen LogP contribution < -0.4 is 4.74 Å². The maximum absolute atomic E-state index is 13.6. The molecule has 1 aliphatic rings. The van der Waals surface area contributed by atoms with Crippen LogP contribution in [0.3, 0.4) is 0 Å². The smallest absolute Gasteiger partial charge is 0.163 e. The van der Waals surface area contributed by atoms with Crippen molar-refractivity contribution in [1.82, 2.24) is 24.7 Å². The average molecular weight is 520 g/mol. The Bertz CT molecular complexity index is 1290. The van der Waals surface area contributed by atoms with Crippen LogP contribution >= 0.6 is 11.6 Å². The van der Waals surface area contributed by atoms with Gasteiger partial charge in [0.15, 0.2) is 21.5 Å². The number of hydrogen-bond acceptors (Lipinski definition) is 8. The standard InChI is InChI=1S/C24H30ClN5O4S/c1-14-9-17(10-14)24-29-28-20(30(24)21-15(2)7-6-8-19(21)33-4)13-35(31,32)16(3)22(34-5)23-26-11-18(25)12-27-23/h6-8,11-12,14,16-17,22H,9-10,13H2,1-5H3/t14?,16-,17?,22-/m0/s1. The van der Waals surface area contributed by atoms with E-state index in [1.165, 1.54) is 19.5 Å². The largest absolute Gasteiger partial charge is 0.495 e. The van der Waals surface area contributed by atoms with E-state index in [4.69, 9.17) is 21.1 Å². The minimum atomic E-state index is -3.76. The molecule has 188 valence electrons. The third-order valence-electron chi connectivity index (χ3n) is 6.61. The lowest BCUT2D eigenvalue weighted by Gasteiger charge is -2.32. The highest BCUT2D eigenvalue weighted by Gasteiger charge is 2.37. The molecule has 0 spiro atoms. The van der Waals surface area contributed by atoms with Gasteiger partial charge >= 0.3 is 0 Å². The van der Waals surface area contributed by atoms with Gasteiger partial charge in [0.1, 0.15) is 23.4 Å². The number of halogens is 1. The molecular formula is C24H30ClN5O4S. The van der Waals surface area contributed by atoms with Crippen molar-refractivity contribution < 1.29 is 17.9 Å². The summed E-state index contributed by atoms with van der Waals surface area (Å²) >= 11 is 5.89. The van der Waals surface area contributed by atoms with Gasteiger partial charge in [-0.25, -0.2) is 18.4 Å². The van der Waals surface area contributed by atoms with Gasteiger partial charge in [0, 0.05) is 25.4 Å². The molecule has 0 bridgehead atoms. The van der Waals surface area contributed by atoms with Gasteiger partial charge in [-0.3, -0.25) is 4.57 Å². The van der Waals surface area contributed by atoms with E-state index in [0.717, 1.165) is 29.9 Å². The minimum Gasteiger partial charge on any atom is -0.495 e. The molecule has 11 heteroatoms. The number of hydrogen-bond donors (Lipinski definition) is 0. The fraction of sp³-hybridized carbons (Fsp3) is 0.500. The molecule has 2 atom stereocenters. The highest BCUT2D eigenvalue weighted by atomic mass is 35.5. The van der Waals surface area contributed by atoms with Crippen LogP contribution in [0.1, 0.15) is 61.7 Å². The number of aromatic nitrogens is 5. The molecule has 0 amide bonds. The van der Waals surface area contributed by atoms with Crippen molar-refractivity contribution in [3.8, 4) is 11.4 Å². The summed E-state index contributed by atoms with van der Waals surface area (Å²) in [5.41, 5.74) is 1.70. The molecule has 0 radical (unpaired) electrons. The van der Waals surface area contributed by atoms with Crippen LogP contribution in [0.15, 0.2) is 30.6 Å². The van der Waals surface area contributed by atoms with E-state index in [-0.39, 0.29) is 17.5 Å². The molecule has 35 heavy (non-hydrogen) atoms. The molecule has 1 fully saturated rings. The van der Waals surface area contributed by atoms with Crippen molar-refractivity contribution in [3.63, 3.8) is 0 Å². The molecule has 4 rings (SSSR count). The predicted molar refractivity (Wildman–Crippen MR) is 133 cm³/mol. The Morgan fingerprint density at radius 1 is 1.17 bits per heavy atom. The number of benzene rings is 1. The molecule has 0 saturated heterocycles. The van der Waals surface area contributed by atoms with Gasteiger partial charge in [-0.2, -0.15) is 0 Å². The van der Waals surface area contributed by atoms with E-state index in [0.29, 0.717) is 22.5 Å². The van der Waals surface area contributed by atoms with Gasteiger partial charge in [-0.15, -0.1) is 10.2 Å². The molecule has 9 nitrogen and oxygen atoms in total. The lowest BCUT2D eigenvalue weighted by molar-refractivity contribution is 0.0948. The first-order valence-corrected chi connectivity index (χ1v) is 13.6. The first-order valence-electron chi connectivity index (χ1n) is 11.5. The summed E-state index contributed by atoms with van der Waals surface area (Å²) in [6.45, 7) is 5.75. The molecule has 2 heterocycles. The van der Waals surface area contributed by atoms with Gasteiger partial charge in [-0.05, 0) is 44.2 Å². The molecule has 0 N–H and O–H groups in total. The lowest BCUT2D eigenvalue weighted by Crippen LogP contribution is -2.30. The average Bonchev–Trinajstić information content (AvgIpc) is 3.19. The van der Waals surface area contributed by atoms with Crippen LogP contribution in [-0.2, 0) is 20.3 Å². The Morgan fingerprint density at radius 2 is 1.86 bits per heavy atom. The van der Waals surface area contributed by atoms with E-state index in [2.05, 4.69) is 27.1 Å². The van der Waals surface area contributed by atoms with Crippen LogP contribution in [0.5, 0.6) is 5.75 Å². The van der Waals surface area contributed by atoms with E-state index in [1.54, 1.807) is 14.0 Å². The normalized spacial score (nSPS) is 19.7. The number of rotatable bonds is 9. The summed E-state index contributed by atoms with van der Waals surface area (Å²) in [6, 6.07) is 5.72. The van der Waals surface area contributed by atoms with Crippen LogP contribution in [0, 0.1) is 12.8 Å². The third-order valence-corrected chi connectivity index (χ3v) is 8.85. The van der Waals surface area contributed by atoms with Crippen molar-refractivity contribution in [1.29, 1.82) is 0 Å². The Morgan fingerprint density at radius 3 is 2.46 bits per heavy atom. The van der Waals surface area contributed by atoms with Crippen LogP contribution in [0.4, 0.5) is 0 Å². The number of nitrogens with zero attached hydrogens (tertiary/aromatic N) is 5. The van der Waals surface area contributed by atoms with Gasteiger partial charge in [0.05, 0.1) is 23.1 Å². The van der Waals surface area contributed by atoms with Crippen LogP contribution in [0.2, 0.25) is 5.02 Å². The summed E-state index contributed by atoms with van der Waals surface area (Å²) in [4.78, 5) is 8.32. The topological polar surface area (TPSA) is 109 Å². The predicted octanol–water partition coefficient (Wildman–Crippen LogP) is 4.23. The monoisotopic (exact) mass is 519 g/mol. The van der Waals surface area contributed by atoms with Gasteiger partial charge in [0.2, 0.25) is 0 Å². The summed E-state index contributed by atoms with van der Waals surface area (Å²) in [5.74, 6) is 2.47. The van der Waals surface area contributed by atoms with E-state index >= 15 is 0 Å². The first-order chi connectivity index (χ1) is 16.7. The van der Waals surface area contributed by atoms with Crippen LogP contribution in [-0.4, -0.2) is 52.6 Å². The minimum absolute atomic E-state index is 0.213. The van der Waals surface area contributed by atoms with Crippen molar-refractivity contribution >= 4 is 21.4 Å². The SMILES string of the molecule is COc1cccc(C)c1-n1c(CS(=O)(=O)[C@@H](C)[C@H](OC)c2ncc(Cl)cn2)nnc1C1CC(C)C1. The first kappa shape index (κ1) is 25.5. The second-order valence-corrected chi connectivity index (χ2v) is 11.9. The van der Waals surface area contributed by atoms with E-state index in [9.17, 15) is 8.42 Å². The lowest BCUT2D eigenvalue weighted by atomic mass is 9.75. The maximum atomic E-state index is 13.6.